The summed E-state index contributed by atoms with van der Waals surface area (Å²) in [5.41, 5.74) is 2.41. The van der Waals surface area contributed by atoms with Gasteiger partial charge in [-0.2, -0.15) is 0 Å². The first-order valence-electron chi connectivity index (χ1n) is 6.64. The number of rotatable bonds is 5. The third kappa shape index (κ3) is 4.20. The molecule has 110 valence electrons. The van der Waals surface area contributed by atoms with Gasteiger partial charge in [0.25, 0.3) is 0 Å². The van der Waals surface area contributed by atoms with Gasteiger partial charge in [-0.05, 0) is 37.1 Å². The van der Waals surface area contributed by atoms with Crippen LogP contribution in [0.5, 0.6) is 5.75 Å². The number of hydrogen-bond donors (Lipinski definition) is 1. The van der Waals surface area contributed by atoms with Crippen LogP contribution in [0.1, 0.15) is 17.7 Å². The Bertz CT molecular complexity index is 630. The molecule has 1 aromatic heterocycles. The number of amides is 1. The Morgan fingerprint density at radius 1 is 1.38 bits per heavy atom. The molecule has 1 heterocycles. The maximum Gasteiger partial charge on any atom is 0.224 e. The van der Waals surface area contributed by atoms with E-state index in [0.29, 0.717) is 29.3 Å². The lowest BCUT2D eigenvalue weighted by Gasteiger charge is -2.12. The summed E-state index contributed by atoms with van der Waals surface area (Å²) >= 11 is 6.04. The maximum absolute atomic E-state index is 12.0. The Hall–Kier alpha value is -2.07. The molecule has 0 bridgehead atoms. The monoisotopic (exact) mass is 304 g/mol. The Morgan fingerprint density at radius 2 is 2.19 bits per heavy atom. The van der Waals surface area contributed by atoms with E-state index in [0.717, 1.165) is 11.3 Å². The predicted molar refractivity (Wildman–Crippen MR) is 83.9 cm³/mol. The zero-order valence-electron chi connectivity index (χ0n) is 12.0. The largest absolute Gasteiger partial charge is 0.495 e. The van der Waals surface area contributed by atoms with Crippen molar-refractivity contribution in [2.45, 2.75) is 19.8 Å². The van der Waals surface area contributed by atoms with Crippen molar-refractivity contribution in [1.82, 2.24) is 4.98 Å². The van der Waals surface area contributed by atoms with Crippen LogP contribution < -0.4 is 10.1 Å². The van der Waals surface area contributed by atoms with Gasteiger partial charge in [-0.25, -0.2) is 0 Å². The molecule has 1 aromatic carbocycles. The van der Waals surface area contributed by atoms with Crippen molar-refractivity contribution >= 4 is 23.2 Å². The number of carbonyl (C=O) groups is 1. The van der Waals surface area contributed by atoms with Gasteiger partial charge in [0.05, 0.1) is 12.8 Å². The van der Waals surface area contributed by atoms with Gasteiger partial charge in [0.15, 0.2) is 0 Å². The highest BCUT2D eigenvalue weighted by atomic mass is 35.5. The number of aromatic nitrogens is 1. The molecule has 0 aliphatic rings. The van der Waals surface area contributed by atoms with Crippen molar-refractivity contribution in [1.29, 1.82) is 0 Å². The number of carbonyl (C=O) groups excluding carboxylic acids is 1. The fraction of sp³-hybridized carbons (Fsp3) is 0.250. The summed E-state index contributed by atoms with van der Waals surface area (Å²) in [6.07, 6.45) is 2.68. The van der Waals surface area contributed by atoms with Crippen molar-refractivity contribution in [2.24, 2.45) is 0 Å². The highest BCUT2D eigenvalue weighted by Crippen LogP contribution is 2.31. The molecule has 2 rings (SSSR count). The zero-order chi connectivity index (χ0) is 15.2. The van der Waals surface area contributed by atoms with E-state index in [-0.39, 0.29) is 5.91 Å². The average Bonchev–Trinajstić information content (AvgIpc) is 2.49. The number of nitrogens with zero attached hydrogens (tertiary/aromatic N) is 1. The lowest BCUT2D eigenvalue weighted by atomic mass is 10.2. The van der Waals surface area contributed by atoms with Gasteiger partial charge >= 0.3 is 0 Å². The number of benzene rings is 1. The first-order chi connectivity index (χ1) is 10.1. The van der Waals surface area contributed by atoms with Gasteiger partial charge in [0.2, 0.25) is 5.91 Å². The molecule has 4 nitrogen and oxygen atoms in total. The molecule has 0 aliphatic carbocycles. The number of aryl methyl sites for hydroxylation is 2. The summed E-state index contributed by atoms with van der Waals surface area (Å²) in [5, 5.41) is 3.46. The van der Waals surface area contributed by atoms with E-state index in [9.17, 15) is 4.79 Å². The van der Waals surface area contributed by atoms with Crippen molar-refractivity contribution < 1.29 is 9.53 Å². The Labute approximate surface area is 129 Å². The van der Waals surface area contributed by atoms with Gasteiger partial charge in [-0.15, -0.1) is 0 Å². The lowest BCUT2D eigenvalue weighted by molar-refractivity contribution is -0.116. The van der Waals surface area contributed by atoms with Crippen molar-refractivity contribution in [3.63, 3.8) is 0 Å². The second-order valence-corrected chi connectivity index (χ2v) is 5.08. The molecule has 21 heavy (non-hydrogen) atoms. The number of nitrogens with one attached hydrogen (secondary N) is 1. The molecular weight excluding hydrogens is 288 g/mol. The molecule has 0 spiro atoms. The molecule has 0 saturated carbocycles. The molecule has 1 amide bonds. The van der Waals surface area contributed by atoms with Crippen LogP contribution in [0.2, 0.25) is 5.02 Å². The summed E-state index contributed by atoms with van der Waals surface area (Å²) < 4.78 is 5.23. The average molecular weight is 305 g/mol. The molecule has 0 unspecified atom stereocenters. The first kappa shape index (κ1) is 15.3. The van der Waals surface area contributed by atoms with Crippen molar-refractivity contribution in [3.8, 4) is 5.75 Å². The molecule has 0 fully saturated rings. The molecule has 1 N–H and O–H groups in total. The van der Waals surface area contributed by atoms with E-state index in [4.69, 9.17) is 16.3 Å². The standard InChI is InChI=1S/C16H17ClN2O2/c1-11-9-14(15(21-2)10-13(11)17)19-16(20)7-6-12-5-3-4-8-18-12/h3-5,8-10H,6-7H2,1-2H3,(H,19,20). The van der Waals surface area contributed by atoms with Crippen LogP contribution in [-0.2, 0) is 11.2 Å². The van der Waals surface area contributed by atoms with E-state index >= 15 is 0 Å². The van der Waals surface area contributed by atoms with E-state index in [1.807, 2.05) is 25.1 Å². The summed E-state index contributed by atoms with van der Waals surface area (Å²) in [6.45, 7) is 1.88. The predicted octanol–water partition coefficient (Wildman–Crippen LogP) is 3.62. The summed E-state index contributed by atoms with van der Waals surface area (Å²) in [6, 6.07) is 9.17. The van der Waals surface area contributed by atoms with Crippen LogP contribution >= 0.6 is 11.6 Å². The highest BCUT2D eigenvalue weighted by molar-refractivity contribution is 6.31. The zero-order valence-corrected chi connectivity index (χ0v) is 12.8. The number of halogens is 1. The molecule has 0 radical (unpaired) electrons. The third-order valence-electron chi connectivity index (χ3n) is 3.09. The minimum atomic E-state index is -0.0827. The van der Waals surface area contributed by atoms with Gasteiger partial charge < -0.3 is 10.1 Å². The molecule has 5 heteroatoms. The molecule has 0 aliphatic heterocycles. The summed E-state index contributed by atoms with van der Waals surface area (Å²) in [7, 11) is 1.55. The highest BCUT2D eigenvalue weighted by Gasteiger charge is 2.10. The van der Waals surface area contributed by atoms with Crippen molar-refractivity contribution in [3.05, 3.63) is 52.8 Å². The van der Waals surface area contributed by atoms with E-state index < -0.39 is 0 Å². The third-order valence-corrected chi connectivity index (χ3v) is 3.50. The van der Waals surface area contributed by atoms with Gasteiger partial charge in [-0.1, -0.05) is 17.7 Å². The summed E-state index contributed by atoms with van der Waals surface area (Å²) in [4.78, 5) is 16.2. The maximum atomic E-state index is 12.0. The second kappa shape index (κ2) is 7.09. The SMILES string of the molecule is COc1cc(Cl)c(C)cc1NC(=O)CCc1ccccn1. The molecular formula is C16H17ClN2O2. The Morgan fingerprint density at radius 3 is 2.86 bits per heavy atom. The molecule has 0 atom stereocenters. The van der Waals surface area contributed by atoms with Crippen LogP contribution in [0.15, 0.2) is 36.5 Å². The number of pyridine rings is 1. The second-order valence-electron chi connectivity index (χ2n) is 4.67. The topological polar surface area (TPSA) is 51.2 Å². The minimum Gasteiger partial charge on any atom is -0.495 e. The van der Waals surface area contributed by atoms with Gasteiger partial charge in [0, 0.05) is 29.4 Å². The van der Waals surface area contributed by atoms with Gasteiger partial charge in [-0.3, -0.25) is 9.78 Å². The van der Waals surface area contributed by atoms with Crippen LogP contribution in [0.3, 0.4) is 0 Å². The normalized spacial score (nSPS) is 10.2. The molecule has 0 saturated heterocycles. The van der Waals surface area contributed by atoms with Crippen LogP contribution in [-0.4, -0.2) is 18.0 Å². The van der Waals surface area contributed by atoms with Crippen LogP contribution in [0.4, 0.5) is 5.69 Å². The quantitative estimate of drug-likeness (QED) is 0.918. The fourth-order valence-electron chi connectivity index (χ4n) is 1.93. The lowest BCUT2D eigenvalue weighted by Crippen LogP contribution is -2.13. The number of methoxy groups -OCH3 is 1. The fourth-order valence-corrected chi connectivity index (χ4v) is 2.08. The minimum absolute atomic E-state index is 0.0827. The van der Waals surface area contributed by atoms with Crippen LogP contribution in [0, 0.1) is 6.92 Å². The summed E-state index contributed by atoms with van der Waals surface area (Å²) in [5.74, 6) is 0.470. The van der Waals surface area contributed by atoms with Crippen molar-refractivity contribution in [2.75, 3.05) is 12.4 Å². The Kier molecular flexibility index (Phi) is 5.17. The number of anilines is 1. The number of hydrogen-bond acceptors (Lipinski definition) is 3. The van der Waals surface area contributed by atoms with Crippen LogP contribution in [0.25, 0.3) is 0 Å². The van der Waals surface area contributed by atoms with E-state index in [1.165, 1.54) is 0 Å². The van der Waals surface area contributed by atoms with E-state index in [2.05, 4.69) is 10.3 Å². The Balaban J connectivity index is 2.01. The number of ether oxygens (including phenoxy) is 1. The first-order valence-corrected chi connectivity index (χ1v) is 7.02. The molecule has 2 aromatic rings. The van der Waals surface area contributed by atoms with E-state index in [1.54, 1.807) is 25.4 Å². The smallest absolute Gasteiger partial charge is 0.224 e. The van der Waals surface area contributed by atoms with Gasteiger partial charge in [0.1, 0.15) is 5.75 Å².